The van der Waals surface area contributed by atoms with Gasteiger partial charge < -0.3 is 5.11 Å². The summed E-state index contributed by atoms with van der Waals surface area (Å²) >= 11 is 3.04. The first-order valence-electron chi connectivity index (χ1n) is 6.88. The molecule has 0 aliphatic heterocycles. The Labute approximate surface area is 121 Å². The van der Waals surface area contributed by atoms with Crippen LogP contribution in [0.2, 0.25) is 0 Å². The quantitative estimate of drug-likeness (QED) is 0.781. The number of benzene rings is 1. The Bertz CT molecular complexity index is 430. The fourth-order valence-corrected chi connectivity index (χ4v) is 3.19. The Morgan fingerprint density at radius 2 is 1.95 bits per heavy atom. The maximum atomic E-state index is 13.8. The van der Waals surface area contributed by atoms with Crippen LogP contribution in [0.1, 0.15) is 44.1 Å². The minimum atomic E-state index is -0.668. The minimum Gasteiger partial charge on any atom is -0.393 e. The highest BCUT2D eigenvalue weighted by atomic mass is 79.9. The normalized spacial score (nSPS) is 17.9. The Morgan fingerprint density at radius 1 is 1.26 bits per heavy atom. The predicted molar refractivity (Wildman–Crippen MR) is 75.0 cm³/mol. The molecule has 2 rings (SSSR count). The molecule has 19 heavy (non-hydrogen) atoms. The van der Waals surface area contributed by atoms with E-state index in [0.717, 1.165) is 6.42 Å². The topological polar surface area (TPSA) is 20.2 Å². The molecule has 0 aromatic heterocycles. The molecule has 0 spiro atoms. The fourth-order valence-electron chi connectivity index (χ4n) is 2.82. The Hall–Kier alpha value is -0.480. The molecule has 1 fully saturated rings. The first-order valence-corrected chi connectivity index (χ1v) is 7.67. The second kappa shape index (κ2) is 6.80. The van der Waals surface area contributed by atoms with Crippen molar-refractivity contribution in [3.63, 3.8) is 0 Å². The number of hydrogen-bond donors (Lipinski definition) is 1. The van der Waals surface area contributed by atoms with E-state index in [1.54, 1.807) is 0 Å². The van der Waals surface area contributed by atoms with E-state index in [2.05, 4.69) is 15.9 Å². The van der Waals surface area contributed by atoms with Crippen LogP contribution in [0, 0.1) is 17.6 Å². The smallest absolute Gasteiger partial charge is 0.143 e. The van der Waals surface area contributed by atoms with E-state index >= 15 is 0 Å². The third-order valence-electron chi connectivity index (χ3n) is 3.96. The lowest BCUT2D eigenvalue weighted by Gasteiger charge is -2.15. The van der Waals surface area contributed by atoms with Crippen molar-refractivity contribution < 1.29 is 13.9 Å². The molecule has 1 aromatic carbocycles. The van der Waals surface area contributed by atoms with Crippen LogP contribution >= 0.6 is 15.9 Å². The van der Waals surface area contributed by atoms with Crippen molar-refractivity contribution in [1.29, 1.82) is 0 Å². The lowest BCUT2D eigenvalue weighted by molar-refractivity contribution is 0.152. The van der Waals surface area contributed by atoms with Crippen molar-refractivity contribution in [2.75, 3.05) is 0 Å². The molecule has 0 radical (unpaired) electrons. The summed E-state index contributed by atoms with van der Waals surface area (Å²) in [6.07, 6.45) is 5.96. The van der Waals surface area contributed by atoms with Gasteiger partial charge in [0.25, 0.3) is 0 Å². The van der Waals surface area contributed by atoms with Crippen LogP contribution in [0.3, 0.4) is 0 Å². The molecule has 0 bridgehead atoms. The van der Waals surface area contributed by atoms with Crippen molar-refractivity contribution in [3.8, 4) is 0 Å². The molecule has 0 saturated heterocycles. The Balaban J connectivity index is 1.91. The van der Waals surface area contributed by atoms with Gasteiger partial charge in [0.15, 0.2) is 0 Å². The van der Waals surface area contributed by atoms with E-state index in [1.807, 2.05) is 0 Å². The Morgan fingerprint density at radius 3 is 2.63 bits per heavy atom. The highest BCUT2D eigenvalue weighted by Crippen LogP contribution is 2.30. The van der Waals surface area contributed by atoms with Gasteiger partial charge in [0, 0.05) is 12.0 Å². The monoisotopic (exact) mass is 332 g/mol. The summed E-state index contributed by atoms with van der Waals surface area (Å²) < 4.78 is 27.6. The molecule has 0 amide bonds. The highest BCUT2D eigenvalue weighted by Gasteiger charge is 2.19. The van der Waals surface area contributed by atoms with Crippen LogP contribution in [0.4, 0.5) is 8.78 Å². The largest absolute Gasteiger partial charge is 0.393 e. The standard InChI is InChI=1S/C15H19BrF2O/c16-13-7-8-14(17)12(15(13)18)9-11(19)6-5-10-3-1-2-4-10/h7-8,10-11,19H,1-6,9H2. The third-order valence-corrected chi connectivity index (χ3v) is 4.57. The zero-order valence-corrected chi connectivity index (χ0v) is 12.4. The molecule has 4 heteroatoms. The number of hydrogen-bond acceptors (Lipinski definition) is 1. The van der Waals surface area contributed by atoms with E-state index in [-0.39, 0.29) is 16.5 Å². The van der Waals surface area contributed by atoms with Gasteiger partial charge in [-0.25, -0.2) is 8.78 Å². The van der Waals surface area contributed by atoms with Gasteiger partial charge >= 0.3 is 0 Å². The molecule has 1 aliphatic rings. The summed E-state index contributed by atoms with van der Waals surface area (Å²) in [5.74, 6) is -0.493. The number of halogens is 3. The summed E-state index contributed by atoms with van der Waals surface area (Å²) in [5, 5.41) is 9.95. The lowest BCUT2D eigenvalue weighted by atomic mass is 9.96. The first kappa shape index (κ1) is 14.9. The lowest BCUT2D eigenvalue weighted by Crippen LogP contribution is -2.14. The summed E-state index contributed by atoms with van der Waals surface area (Å²) in [4.78, 5) is 0. The molecule has 0 heterocycles. The molecule has 1 aromatic rings. The van der Waals surface area contributed by atoms with Gasteiger partial charge in [-0.15, -0.1) is 0 Å². The van der Waals surface area contributed by atoms with Gasteiger partial charge in [0.05, 0.1) is 10.6 Å². The van der Waals surface area contributed by atoms with Crippen molar-refractivity contribution in [2.45, 2.75) is 51.0 Å². The van der Waals surface area contributed by atoms with Crippen LogP contribution in [-0.4, -0.2) is 11.2 Å². The maximum Gasteiger partial charge on any atom is 0.143 e. The molecule has 1 N–H and O–H groups in total. The maximum absolute atomic E-state index is 13.8. The van der Waals surface area contributed by atoms with E-state index in [0.29, 0.717) is 12.3 Å². The number of aliphatic hydroxyl groups is 1. The second-order valence-corrected chi connectivity index (χ2v) is 6.26. The van der Waals surface area contributed by atoms with Gasteiger partial charge in [-0.3, -0.25) is 0 Å². The molecular weight excluding hydrogens is 314 g/mol. The van der Waals surface area contributed by atoms with Gasteiger partial charge in [0.1, 0.15) is 11.6 Å². The van der Waals surface area contributed by atoms with Crippen molar-refractivity contribution >= 4 is 15.9 Å². The second-order valence-electron chi connectivity index (χ2n) is 5.41. The molecule has 1 unspecified atom stereocenters. The average Bonchev–Trinajstić information content (AvgIpc) is 2.90. The van der Waals surface area contributed by atoms with E-state index < -0.39 is 17.7 Å². The summed E-state index contributed by atoms with van der Waals surface area (Å²) in [7, 11) is 0. The zero-order valence-electron chi connectivity index (χ0n) is 10.8. The van der Waals surface area contributed by atoms with Crippen molar-refractivity contribution in [1.82, 2.24) is 0 Å². The molecule has 1 atom stereocenters. The van der Waals surface area contributed by atoms with Crippen LogP contribution < -0.4 is 0 Å². The van der Waals surface area contributed by atoms with Crippen LogP contribution in [0.25, 0.3) is 0 Å². The molecule has 1 saturated carbocycles. The van der Waals surface area contributed by atoms with E-state index in [9.17, 15) is 13.9 Å². The number of rotatable bonds is 5. The molecular formula is C15H19BrF2O. The Kier molecular flexibility index (Phi) is 5.34. The van der Waals surface area contributed by atoms with Crippen LogP contribution in [0.15, 0.2) is 16.6 Å². The van der Waals surface area contributed by atoms with Gasteiger partial charge in [0.2, 0.25) is 0 Å². The number of aliphatic hydroxyl groups excluding tert-OH is 1. The van der Waals surface area contributed by atoms with Crippen molar-refractivity contribution in [3.05, 3.63) is 33.8 Å². The zero-order chi connectivity index (χ0) is 13.8. The fraction of sp³-hybridized carbons (Fsp3) is 0.600. The average molecular weight is 333 g/mol. The van der Waals surface area contributed by atoms with E-state index in [4.69, 9.17) is 0 Å². The van der Waals surface area contributed by atoms with Gasteiger partial charge in [-0.05, 0) is 46.8 Å². The highest BCUT2D eigenvalue weighted by molar-refractivity contribution is 9.10. The van der Waals surface area contributed by atoms with Gasteiger partial charge in [-0.2, -0.15) is 0 Å². The summed E-state index contributed by atoms with van der Waals surface area (Å²) in [6, 6.07) is 2.57. The third kappa shape index (κ3) is 3.99. The minimum absolute atomic E-state index is 0.0201. The molecule has 106 valence electrons. The molecule has 1 aliphatic carbocycles. The predicted octanol–water partition coefficient (Wildman–Crippen LogP) is 4.60. The summed E-state index contributed by atoms with van der Waals surface area (Å²) in [5.41, 5.74) is -0.0201. The first-order chi connectivity index (χ1) is 9.08. The molecule has 1 nitrogen and oxygen atoms in total. The van der Waals surface area contributed by atoms with Crippen LogP contribution in [-0.2, 0) is 6.42 Å². The van der Waals surface area contributed by atoms with Crippen LogP contribution in [0.5, 0.6) is 0 Å². The SMILES string of the molecule is OC(CCC1CCCC1)Cc1c(F)ccc(Br)c1F. The summed E-state index contributed by atoms with van der Waals surface area (Å²) in [6.45, 7) is 0. The van der Waals surface area contributed by atoms with Gasteiger partial charge in [-0.1, -0.05) is 25.7 Å². The van der Waals surface area contributed by atoms with E-state index in [1.165, 1.54) is 37.8 Å². The van der Waals surface area contributed by atoms with Crippen molar-refractivity contribution in [2.24, 2.45) is 5.92 Å².